The van der Waals surface area contributed by atoms with Crippen molar-refractivity contribution in [2.45, 2.75) is 6.92 Å². The van der Waals surface area contributed by atoms with Crippen LogP contribution in [0.15, 0.2) is 10.8 Å². The second-order valence-corrected chi connectivity index (χ2v) is 2.54. The number of ether oxygens (including phenoxy) is 2. The Morgan fingerprint density at radius 1 is 1.33 bits per heavy atom. The molecule has 68 valence electrons. The van der Waals surface area contributed by atoms with Gasteiger partial charge in [0.2, 0.25) is 0 Å². The van der Waals surface area contributed by atoms with Crippen LogP contribution in [0.5, 0.6) is 0 Å². The molecule has 0 saturated carbocycles. The normalized spacial score (nSPS) is 8.58. The number of halogens is 2. The molecule has 0 saturated heterocycles. The van der Waals surface area contributed by atoms with E-state index in [4.69, 9.17) is 23.2 Å². The molecule has 0 rings (SSSR count). The zero-order valence-corrected chi connectivity index (χ0v) is 7.69. The monoisotopic (exact) mass is 212 g/mol. The third kappa shape index (κ3) is 4.98. The van der Waals surface area contributed by atoms with E-state index in [-0.39, 0.29) is 11.1 Å². The molecule has 12 heavy (non-hydrogen) atoms. The molecule has 0 radical (unpaired) electrons. The fourth-order valence-electron chi connectivity index (χ4n) is 0.336. The van der Waals surface area contributed by atoms with Crippen molar-refractivity contribution in [2.24, 2.45) is 0 Å². The second kappa shape index (κ2) is 5.85. The van der Waals surface area contributed by atoms with Crippen LogP contribution in [0.3, 0.4) is 0 Å². The minimum absolute atomic E-state index is 0.103. The van der Waals surface area contributed by atoms with Crippen LogP contribution in [-0.2, 0) is 19.1 Å². The molecule has 0 amide bonds. The Bertz CT molecular complexity index is 208. The topological polar surface area (TPSA) is 52.6 Å². The van der Waals surface area contributed by atoms with Crippen molar-refractivity contribution in [1.29, 1.82) is 0 Å². The average Bonchev–Trinajstić information content (AvgIpc) is 2.00. The van der Waals surface area contributed by atoms with Gasteiger partial charge in [-0.2, -0.15) is 0 Å². The zero-order valence-electron chi connectivity index (χ0n) is 6.17. The van der Waals surface area contributed by atoms with Gasteiger partial charge in [-0.15, -0.1) is 0 Å². The predicted octanol–water partition coefficient (Wildman–Crippen LogP) is 1.37. The Morgan fingerprint density at radius 2 is 1.92 bits per heavy atom. The molecule has 0 aromatic heterocycles. The number of carbonyl (C=O) groups is 2. The fourth-order valence-corrected chi connectivity index (χ4v) is 0.425. The summed E-state index contributed by atoms with van der Waals surface area (Å²) in [4.78, 5) is 21.1. The quantitative estimate of drug-likeness (QED) is 0.395. The number of rotatable bonds is 2. The SMILES string of the molecule is CCOC(=O)C(=O)OC=C(Cl)Cl. The third-order valence-corrected chi connectivity index (χ3v) is 0.875. The van der Waals surface area contributed by atoms with Gasteiger partial charge in [-0.25, -0.2) is 9.59 Å². The summed E-state index contributed by atoms with van der Waals surface area (Å²) in [6.45, 7) is 1.67. The van der Waals surface area contributed by atoms with Crippen molar-refractivity contribution < 1.29 is 19.1 Å². The number of hydrogen-bond acceptors (Lipinski definition) is 4. The summed E-state index contributed by atoms with van der Waals surface area (Å²) in [5, 5.41) is 0. The van der Waals surface area contributed by atoms with Gasteiger partial charge in [0.25, 0.3) is 0 Å². The molecule has 0 aliphatic heterocycles. The molecule has 0 aromatic rings. The van der Waals surface area contributed by atoms with E-state index < -0.39 is 11.9 Å². The molecule has 0 aliphatic rings. The van der Waals surface area contributed by atoms with Gasteiger partial charge in [-0.05, 0) is 6.92 Å². The van der Waals surface area contributed by atoms with E-state index >= 15 is 0 Å². The van der Waals surface area contributed by atoms with Crippen molar-refractivity contribution >= 4 is 35.1 Å². The van der Waals surface area contributed by atoms with Crippen molar-refractivity contribution in [1.82, 2.24) is 0 Å². The molecule has 4 nitrogen and oxygen atoms in total. The van der Waals surface area contributed by atoms with E-state index in [0.29, 0.717) is 0 Å². The van der Waals surface area contributed by atoms with Crippen molar-refractivity contribution in [3.8, 4) is 0 Å². The van der Waals surface area contributed by atoms with Gasteiger partial charge in [0, 0.05) is 0 Å². The Hall–Kier alpha value is -0.740. The largest absolute Gasteiger partial charge is 0.458 e. The summed E-state index contributed by atoms with van der Waals surface area (Å²) in [7, 11) is 0. The maximum absolute atomic E-state index is 10.6. The van der Waals surface area contributed by atoms with E-state index in [2.05, 4.69) is 9.47 Å². The fraction of sp³-hybridized carbons (Fsp3) is 0.333. The van der Waals surface area contributed by atoms with Crippen LogP contribution in [0.25, 0.3) is 0 Å². The van der Waals surface area contributed by atoms with Crippen LogP contribution in [0, 0.1) is 0 Å². The standard InChI is InChI=1S/C6H6Cl2O4/c1-2-11-5(9)6(10)12-3-4(7)8/h3H,2H2,1H3. The van der Waals surface area contributed by atoms with E-state index in [0.717, 1.165) is 6.26 Å². The highest BCUT2D eigenvalue weighted by atomic mass is 35.5. The lowest BCUT2D eigenvalue weighted by molar-refractivity contribution is -0.164. The molecule has 0 bridgehead atoms. The Kier molecular flexibility index (Phi) is 5.49. The van der Waals surface area contributed by atoms with Gasteiger partial charge in [-0.3, -0.25) is 0 Å². The van der Waals surface area contributed by atoms with Gasteiger partial charge in [0.05, 0.1) is 6.61 Å². The summed E-state index contributed by atoms with van der Waals surface area (Å²) in [5.41, 5.74) is 0. The molecule has 0 spiro atoms. The maximum atomic E-state index is 10.6. The molecule has 6 heteroatoms. The number of hydrogen-bond donors (Lipinski definition) is 0. The minimum atomic E-state index is -1.16. The van der Waals surface area contributed by atoms with E-state index in [1.165, 1.54) is 0 Å². The van der Waals surface area contributed by atoms with Gasteiger partial charge in [0.15, 0.2) is 0 Å². The first-order chi connectivity index (χ1) is 5.57. The van der Waals surface area contributed by atoms with Crippen molar-refractivity contribution in [2.75, 3.05) is 6.61 Å². The predicted molar refractivity (Wildman–Crippen MR) is 42.5 cm³/mol. The van der Waals surface area contributed by atoms with Crippen LogP contribution in [0.1, 0.15) is 6.92 Å². The molecule has 0 aromatic carbocycles. The second-order valence-electron chi connectivity index (χ2n) is 1.53. The number of esters is 2. The highest BCUT2D eigenvalue weighted by Gasteiger charge is 2.15. The Balaban J connectivity index is 3.88. The molecule has 0 heterocycles. The molecular formula is C6H6Cl2O4. The maximum Gasteiger partial charge on any atom is 0.422 e. The summed E-state index contributed by atoms with van der Waals surface area (Å²) < 4.78 is 8.23. The van der Waals surface area contributed by atoms with Crippen molar-refractivity contribution in [3.63, 3.8) is 0 Å². The molecule has 0 fully saturated rings. The highest BCUT2D eigenvalue weighted by Crippen LogP contribution is 2.05. The Labute approximate surface area is 79.0 Å². The molecule has 0 aliphatic carbocycles. The highest BCUT2D eigenvalue weighted by molar-refractivity contribution is 6.55. The van der Waals surface area contributed by atoms with Crippen LogP contribution in [0.4, 0.5) is 0 Å². The zero-order chi connectivity index (χ0) is 9.56. The van der Waals surface area contributed by atoms with Crippen molar-refractivity contribution in [3.05, 3.63) is 10.8 Å². The summed E-state index contributed by atoms with van der Waals surface area (Å²) in [6, 6.07) is 0. The summed E-state index contributed by atoms with van der Waals surface area (Å²) in [6.07, 6.45) is 0.738. The lowest BCUT2D eigenvalue weighted by Gasteiger charge is -1.97. The minimum Gasteiger partial charge on any atom is -0.458 e. The van der Waals surface area contributed by atoms with E-state index in [1.807, 2.05) is 0 Å². The van der Waals surface area contributed by atoms with Gasteiger partial charge < -0.3 is 9.47 Å². The van der Waals surface area contributed by atoms with Crippen LogP contribution in [0.2, 0.25) is 0 Å². The molecule has 0 atom stereocenters. The lowest BCUT2D eigenvalue weighted by Crippen LogP contribution is -2.18. The smallest absolute Gasteiger partial charge is 0.422 e. The van der Waals surface area contributed by atoms with Gasteiger partial charge in [0.1, 0.15) is 10.8 Å². The van der Waals surface area contributed by atoms with Crippen LogP contribution < -0.4 is 0 Å². The number of carbonyl (C=O) groups excluding carboxylic acids is 2. The van der Waals surface area contributed by atoms with Crippen LogP contribution in [-0.4, -0.2) is 18.5 Å². The first kappa shape index (κ1) is 11.3. The van der Waals surface area contributed by atoms with E-state index in [9.17, 15) is 9.59 Å². The van der Waals surface area contributed by atoms with Gasteiger partial charge in [-0.1, -0.05) is 23.2 Å². The third-order valence-electron chi connectivity index (χ3n) is 0.697. The summed E-state index contributed by atoms with van der Waals surface area (Å²) >= 11 is 10.2. The Morgan fingerprint density at radius 3 is 2.33 bits per heavy atom. The molecule has 0 N–H and O–H groups in total. The molecule has 0 unspecified atom stereocenters. The molecular weight excluding hydrogens is 207 g/mol. The summed E-state index contributed by atoms with van der Waals surface area (Å²) in [5.74, 6) is -2.24. The van der Waals surface area contributed by atoms with E-state index in [1.54, 1.807) is 6.92 Å². The lowest BCUT2D eigenvalue weighted by atomic mass is 10.7. The first-order valence-corrected chi connectivity index (χ1v) is 3.72. The van der Waals surface area contributed by atoms with Gasteiger partial charge >= 0.3 is 11.9 Å². The average molecular weight is 213 g/mol. The van der Waals surface area contributed by atoms with Crippen LogP contribution >= 0.6 is 23.2 Å². The first-order valence-electron chi connectivity index (χ1n) is 2.96.